The molecule has 2 saturated heterocycles. The highest BCUT2D eigenvalue weighted by atomic mass is 16.6. The molecule has 2 aromatic carbocycles. The summed E-state index contributed by atoms with van der Waals surface area (Å²) in [6, 6.07) is 10.4. The minimum absolute atomic E-state index is 0.0605. The Morgan fingerprint density at radius 1 is 0.760 bits per heavy atom. The maximum Gasteiger partial charge on any atom is 0.410 e. The van der Waals surface area contributed by atoms with Gasteiger partial charge in [0.1, 0.15) is 18.4 Å². The molecule has 14 atom stereocenters. The number of imide groups is 1. The van der Waals surface area contributed by atoms with Crippen LogP contribution < -0.4 is 27.4 Å². The topological polar surface area (TPSA) is 337 Å². The molecule has 0 bridgehead atoms. The predicted molar refractivity (Wildman–Crippen MR) is 365 cm³/mol. The second kappa shape index (κ2) is 37.5. The maximum absolute atomic E-state index is 14.9. The van der Waals surface area contributed by atoms with Gasteiger partial charge in [0, 0.05) is 97.1 Å². The fraction of sp³-hybridized carbons (Fsp3) is 0.681. The molecule has 24 heteroatoms. The smallest absolute Gasteiger partial charge is 0.410 e. The van der Waals surface area contributed by atoms with Crippen LogP contribution in [-0.2, 0) is 64.0 Å². The third-order valence-corrected chi connectivity index (χ3v) is 19.6. The van der Waals surface area contributed by atoms with Crippen LogP contribution in [0.5, 0.6) is 0 Å². The van der Waals surface area contributed by atoms with Crippen LogP contribution in [0.4, 0.5) is 15.3 Å². The van der Waals surface area contributed by atoms with Gasteiger partial charge in [0.25, 0.3) is 0 Å². The molecule has 9 amide bonds. The highest BCUT2D eigenvalue weighted by Crippen LogP contribution is 2.37. The minimum Gasteiger partial charge on any atom is -0.445 e. The van der Waals surface area contributed by atoms with Gasteiger partial charge in [0.05, 0.1) is 54.8 Å². The molecule has 2 heterocycles. The van der Waals surface area contributed by atoms with Crippen molar-refractivity contribution in [2.45, 2.75) is 209 Å². The summed E-state index contributed by atoms with van der Waals surface area (Å²) in [5.41, 5.74) is 12.3. The maximum atomic E-state index is 14.9. The lowest BCUT2D eigenvalue weighted by molar-refractivity contribution is -0.149. The Labute approximate surface area is 569 Å². The standard InChI is InChI=1S/C72H113N9O15/c1-18-44(8)63(58(94-16)38-59(85)80-33-23-27-53(80)65(95-17)46(10)55(82)34-45(9)64(87)48-24-20-19-21-25-48)78(14)68(90)51(41(2)3)36-57(84)62(43(6)7)79(15)71(93)96-40-47-28-30-50(31-29-47)76-66(88)49(26-22-32-75-70(74)92)35-56(83)61(42(4)5)77-67(89)54(39-73)81-60(86)37-52(69(81)91)72(11,12)13/h19-21,24-25,28-31,41-46,49,51-54,58,61-65,87H,18,22-23,26-27,32-40,73H2,1-17H3,(H,76,88)(H,77,89)(H3,74,75,92)/t44-,45-,46-,49+,51-,52?,53-,54-,58+,61-,62-,63-,64+,65+/m0/s1. The number of Topliss-reactive ketones (excluding diaryl/α,β-unsaturated/α-hetero) is 3. The van der Waals surface area contributed by atoms with Crippen molar-refractivity contribution in [3.8, 4) is 0 Å². The lowest BCUT2D eigenvalue weighted by Gasteiger charge is -2.41. The predicted octanol–water partition coefficient (Wildman–Crippen LogP) is 7.61. The number of benzene rings is 2. The molecule has 4 rings (SSSR count). The quantitative estimate of drug-likeness (QED) is 0.0278. The van der Waals surface area contributed by atoms with E-state index < -0.39 is 131 Å². The van der Waals surface area contributed by atoms with E-state index in [4.69, 9.17) is 25.7 Å². The van der Waals surface area contributed by atoms with Crippen LogP contribution >= 0.6 is 0 Å². The van der Waals surface area contributed by atoms with Crippen molar-refractivity contribution in [2.75, 3.05) is 53.3 Å². The molecule has 0 radical (unpaired) electrons. The van der Waals surface area contributed by atoms with E-state index in [2.05, 4.69) is 16.0 Å². The van der Waals surface area contributed by atoms with Crippen molar-refractivity contribution >= 4 is 70.6 Å². The Kier molecular flexibility index (Phi) is 31.8. The number of ketones is 3. The molecule has 2 aliphatic heterocycles. The first kappa shape index (κ1) is 81.3. The number of nitrogens with zero attached hydrogens (tertiary/aromatic N) is 4. The van der Waals surface area contributed by atoms with Crippen molar-refractivity contribution in [1.82, 2.24) is 30.2 Å². The number of carbonyl (C=O) groups excluding carboxylic acids is 11. The van der Waals surface area contributed by atoms with Crippen LogP contribution in [0, 0.1) is 58.7 Å². The number of primary amides is 1. The molecule has 8 N–H and O–H groups in total. The Morgan fingerprint density at radius 3 is 1.93 bits per heavy atom. The van der Waals surface area contributed by atoms with E-state index in [1.165, 1.54) is 19.1 Å². The number of urea groups is 1. The Morgan fingerprint density at radius 2 is 1.40 bits per heavy atom. The van der Waals surface area contributed by atoms with Crippen molar-refractivity contribution in [2.24, 2.45) is 70.1 Å². The summed E-state index contributed by atoms with van der Waals surface area (Å²) in [6.45, 7) is 23.9. The zero-order chi connectivity index (χ0) is 72.2. The summed E-state index contributed by atoms with van der Waals surface area (Å²) < 4.78 is 17.9. The van der Waals surface area contributed by atoms with E-state index >= 15 is 0 Å². The fourth-order valence-electron chi connectivity index (χ4n) is 13.6. The van der Waals surface area contributed by atoms with Gasteiger partial charge in [-0.25, -0.2) is 9.59 Å². The molecule has 2 aliphatic rings. The molecule has 2 aromatic rings. The summed E-state index contributed by atoms with van der Waals surface area (Å²) >= 11 is 0. The van der Waals surface area contributed by atoms with Crippen molar-refractivity contribution in [1.29, 1.82) is 0 Å². The van der Waals surface area contributed by atoms with Crippen LogP contribution in [0.15, 0.2) is 54.6 Å². The summed E-state index contributed by atoms with van der Waals surface area (Å²) in [5, 5.41) is 19.1. The number of hydrogen-bond donors (Lipinski definition) is 6. The molecular formula is C72H113N9O15. The second-order valence-corrected chi connectivity index (χ2v) is 28.7. The second-order valence-electron chi connectivity index (χ2n) is 28.7. The van der Waals surface area contributed by atoms with Gasteiger partial charge in [0.15, 0.2) is 11.6 Å². The fourth-order valence-corrected chi connectivity index (χ4v) is 13.6. The minimum atomic E-state index is -1.36. The third-order valence-electron chi connectivity index (χ3n) is 19.6. The number of hydrogen-bond acceptors (Lipinski definition) is 16. The summed E-state index contributed by atoms with van der Waals surface area (Å²) in [7, 11) is 6.22. The third kappa shape index (κ3) is 21.9. The van der Waals surface area contributed by atoms with Crippen LogP contribution in [0.25, 0.3) is 0 Å². The van der Waals surface area contributed by atoms with E-state index in [9.17, 15) is 57.8 Å². The largest absolute Gasteiger partial charge is 0.445 e. The van der Waals surface area contributed by atoms with Gasteiger partial charge in [0.2, 0.25) is 35.4 Å². The molecular weight excluding hydrogens is 1230 g/mol. The van der Waals surface area contributed by atoms with Crippen molar-refractivity contribution in [3.05, 3.63) is 65.7 Å². The van der Waals surface area contributed by atoms with E-state index in [-0.39, 0.29) is 106 Å². The highest BCUT2D eigenvalue weighted by Gasteiger charge is 2.50. The number of rotatable bonds is 38. The number of aliphatic hydroxyl groups excluding tert-OH is 1. The Hall–Kier alpha value is -7.15. The summed E-state index contributed by atoms with van der Waals surface area (Å²) in [5.74, 6) is -8.46. The number of carbonyl (C=O) groups is 11. The zero-order valence-electron chi connectivity index (χ0n) is 60.0. The van der Waals surface area contributed by atoms with Gasteiger partial charge in [-0.05, 0) is 83.9 Å². The van der Waals surface area contributed by atoms with Crippen LogP contribution in [-0.4, -0.2) is 180 Å². The van der Waals surface area contributed by atoms with Crippen LogP contribution in [0.2, 0.25) is 0 Å². The number of likely N-dealkylation sites (N-methyl/N-ethyl adjacent to an activating group) is 2. The first-order valence-corrected chi connectivity index (χ1v) is 34.2. The number of aliphatic hydroxyl groups is 1. The lowest BCUT2D eigenvalue weighted by atomic mass is 9.80. The molecule has 536 valence electrons. The van der Waals surface area contributed by atoms with E-state index in [1.54, 1.807) is 75.9 Å². The number of ether oxygens (including phenoxy) is 3. The molecule has 0 aliphatic carbocycles. The van der Waals surface area contributed by atoms with Gasteiger partial charge < -0.3 is 61.4 Å². The molecule has 2 fully saturated rings. The first-order chi connectivity index (χ1) is 45.1. The Balaban J connectivity index is 1.42. The van der Waals surface area contributed by atoms with Crippen LogP contribution in [0.3, 0.4) is 0 Å². The Bertz CT molecular complexity index is 2960. The number of likely N-dealkylation sites (tertiary alicyclic amines) is 2. The average molecular weight is 1340 g/mol. The van der Waals surface area contributed by atoms with Gasteiger partial charge in [-0.15, -0.1) is 0 Å². The molecule has 0 saturated carbocycles. The first-order valence-electron chi connectivity index (χ1n) is 34.2. The molecule has 1 unspecified atom stereocenters. The number of amides is 9. The SMILES string of the molecule is CC[C@H](C)[C@@H]([C@@H](CC(=O)N1CCC[C@H]1[C@H](OC)[C@@H](C)C(=O)C[C@H](C)[C@@H](O)c1ccccc1)OC)N(C)C(=O)[C@@H](CC(=O)[C@H](C(C)C)N(C)C(=O)OCc1ccc(NC(=O)[C@H](CCCNC(N)=O)CC(=O)[C@@H](NC(=O)[C@H](CN)N2C(=O)CC(C(C)(C)C)C2=O)C(C)C)cc1)C(C)C. The molecule has 96 heavy (non-hydrogen) atoms. The van der Waals surface area contributed by atoms with Gasteiger partial charge in [-0.1, -0.05) is 139 Å². The van der Waals surface area contributed by atoms with Crippen molar-refractivity contribution in [3.63, 3.8) is 0 Å². The van der Waals surface area contributed by atoms with E-state index in [1.807, 2.05) is 92.6 Å². The van der Waals surface area contributed by atoms with Crippen molar-refractivity contribution < 1.29 is 72.1 Å². The monoisotopic (exact) mass is 1340 g/mol. The van der Waals surface area contributed by atoms with Gasteiger partial charge >= 0.3 is 12.1 Å². The summed E-state index contributed by atoms with van der Waals surface area (Å²) in [6.07, 6.45) is -1.13. The average Bonchev–Trinajstić information content (AvgIpc) is 1.60. The number of nitrogens with two attached hydrogens (primary N) is 2. The lowest BCUT2D eigenvalue weighted by Crippen LogP contribution is -2.57. The number of nitrogens with one attached hydrogen (secondary N) is 3. The molecule has 0 spiro atoms. The normalized spacial score (nSPS) is 18.9. The van der Waals surface area contributed by atoms with Gasteiger partial charge in [-0.3, -0.25) is 48.1 Å². The van der Waals surface area contributed by atoms with E-state index in [0.717, 1.165) is 10.5 Å². The number of methoxy groups -OCH3 is 2. The summed E-state index contributed by atoms with van der Waals surface area (Å²) in [4.78, 5) is 157. The molecule has 24 nitrogen and oxygen atoms in total. The molecule has 0 aromatic heterocycles. The van der Waals surface area contributed by atoms with Crippen LogP contribution in [0.1, 0.15) is 171 Å². The zero-order valence-corrected chi connectivity index (χ0v) is 60.0. The van der Waals surface area contributed by atoms with E-state index in [0.29, 0.717) is 37.1 Å². The number of anilines is 1. The van der Waals surface area contributed by atoms with Gasteiger partial charge in [-0.2, -0.15) is 0 Å². The highest BCUT2D eigenvalue weighted by molar-refractivity contribution is 6.08.